The maximum atomic E-state index is 12.0. The van der Waals surface area contributed by atoms with Crippen molar-refractivity contribution < 1.29 is 14.3 Å². The lowest BCUT2D eigenvalue weighted by atomic mass is 9.81. The van der Waals surface area contributed by atoms with E-state index in [1.54, 1.807) is 31.2 Å². The number of Topliss-reactive ketones (excluding diaryl/α,β-unsaturated/α-hetero) is 1. The van der Waals surface area contributed by atoms with E-state index in [4.69, 9.17) is 4.74 Å². The number of esters is 1. The van der Waals surface area contributed by atoms with Crippen molar-refractivity contribution in [3.63, 3.8) is 0 Å². The molecule has 1 unspecified atom stereocenters. The highest BCUT2D eigenvalue weighted by molar-refractivity contribution is 5.90. The van der Waals surface area contributed by atoms with Gasteiger partial charge in [0, 0.05) is 0 Å². The minimum Gasteiger partial charge on any atom is -0.461 e. The van der Waals surface area contributed by atoms with Gasteiger partial charge in [0.15, 0.2) is 0 Å². The molecule has 2 aromatic carbocycles. The van der Waals surface area contributed by atoms with Crippen LogP contribution in [-0.2, 0) is 16.0 Å². The summed E-state index contributed by atoms with van der Waals surface area (Å²) in [6.07, 6.45) is 0.547. The van der Waals surface area contributed by atoms with Crippen molar-refractivity contribution in [1.29, 1.82) is 0 Å². The average Bonchev–Trinajstić information content (AvgIpc) is 2.54. The van der Waals surface area contributed by atoms with Crippen molar-refractivity contribution in [3.8, 4) is 0 Å². The van der Waals surface area contributed by atoms with E-state index in [1.165, 1.54) is 0 Å². The van der Waals surface area contributed by atoms with Gasteiger partial charge in [-0.3, -0.25) is 4.79 Å². The van der Waals surface area contributed by atoms with E-state index in [1.807, 2.05) is 43.3 Å². The third-order valence-corrected chi connectivity index (χ3v) is 3.82. The number of benzene rings is 2. The molecule has 0 spiro atoms. The van der Waals surface area contributed by atoms with Gasteiger partial charge in [-0.05, 0) is 38.0 Å². The van der Waals surface area contributed by atoms with Gasteiger partial charge in [-0.2, -0.15) is 0 Å². The molecule has 0 saturated heterocycles. The van der Waals surface area contributed by atoms with E-state index < -0.39 is 11.4 Å². The van der Waals surface area contributed by atoms with Crippen molar-refractivity contribution >= 4 is 11.8 Å². The van der Waals surface area contributed by atoms with Crippen molar-refractivity contribution in [1.82, 2.24) is 0 Å². The fourth-order valence-corrected chi connectivity index (χ4v) is 2.21. The highest BCUT2D eigenvalue weighted by Crippen LogP contribution is 2.25. The van der Waals surface area contributed by atoms with E-state index in [9.17, 15) is 9.59 Å². The highest BCUT2D eigenvalue weighted by atomic mass is 16.5. The predicted octanol–water partition coefficient (Wildman–Crippen LogP) is 3.68. The van der Waals surface area contributed by atoms with Gasteiger partial charge in [0.2, 0.25) is 0 Å². The topological polar surface area (TPSA) is 43.4 Å². The van der Waals surface area contributed by atoms with Crippen LogP contribution >= 0.6 is 0 Å². The quantitative estimate of drug-likeness (QED) is 0.764. The van der Waals surface area contributed by atoms with Crippen molar-refractivity contribution in [3.05, 3.63) is 71.8 Å². The summed E-state index contributed by atoms with van der Waals surface area (Å²) in [5, 5.41) is 0. The van der Waals surface area contributed by atoms with Crippen LogP contribution in [0.25, 0.3) is 0 Å². The molecular formula is C19H20O3. The van der Waals surface area contributed by atoms with E-state index >= 15 is 0 Å². The molecule has 0 amide bonds. The van der Waals surface area contributed by atoms with E-state index in [0.717, 1.165) is 5.56 Å². The molecule has 0 heterocycles. The molecule has 0 radical (unpaired) electrons. The lowest BCUT2D eigenvalue weighted by molar-refractivity contribution is -0.127. The average molecular weight is 296 g/mol. The van der Waals surface area contributed by atoms with Crippen LogP contribution < -0.4 is 0 Å². The molecule has 0 aliphatic heterocycles. The van der Waals surface area contributed by atoms with Crippen LogP contribution in [0.3, 0.4) is 0 Å². The Labute approximate surface area is 130 Å². The van der Waals surface area contributed by atoms with Crippen LogP contribution in [0.5, 0.6) is 0 Å². The number of hydrogen-bond donors (Lipinski definition) is 0. The first-order valence-electron chi connectivity index (χ1n) is 7.28. The molecule has 3 heteroatoms. The van der Waals surface area contributed by atoms with E-state index in [2.05, 4.69) is 0 Å². The van der Waals surface area contributed by atoms with Gasteiger partial charge >= 0.3 is 5.97 Å². The molecule has 114 valence electrons. The largest absolute Gasteiger partial charge is 0.461 e. The summed E-state index contributed by atoms with van der Waals surface area (Å²) in [6.45, 7) is 3.45. The summed E-state index contributed by atoms with van der Waals surface area (Å²) in [4.78, 5) is 24.1. The Morgan fingerprint density at radius 2 is 1.50 bits per heavy atom. The second-order valence-electron chi connectivity index (χ2n) is 5.72. The van der Waals surface area contributed by atoms with Gasteiger partial charge in [-0.15, -0.1) is 0 Å². The summed E-state index contributed by atoms with van der Waals surface area (Å²) in [6, 6.07) is 18.6. The number of ether oxygens (including phenoxy) is 1. The molecule has 0 aliphatic rings. The zero-order valence-electron chi connectivity index (χ0n) is 12.9. The van der Waals surface area contributed by atoms with Crippen LogP contribution in [-0.4, -0.2) is 18.4 Å². The molecule has 2 aromatic rings. The summed E-state index contributed by atoms with van der Waals surface area (Å²) >= 11 is 0. The predicted molar refractivity (Wildman–Crippen MR) is 85.7 cm³/mol. The van der Waals surface area contributed by atoms with Crippen LogP contribution in [0.15, 0.2) is 60.7 Å². The zero-order chi connectivity index (χ0) is 16.0. The van der Waals surface area contributed by atoms with Crippen molar-refractivity contribution in [2.75, 3.05) is 6.61 Å². The number of carbonyl (C=O) groups is 2. The molecule has 1 atom stereocenters. The summed E-state index contributed by atoms with van der Waals surface area (Å²) in [5.74, 6) is -0.390. The maximum absolute atomic E-state index is 12.0. The molecular weight excluding hydrogens is 276 g/mol. The first-order valence-corrected chi connectivity index (χ1v) is 7.28. The van der Waals surface area contributed by atoms with Crippen molar-refractivity contribution in [2.24, 2.45) is 5.41 Å². The molecule has 22 heavy (non-hydrogen) atoms. The Kier molecular flexibility index (Phi) is 5.10. The van der Waals surface area contributed by atoms with Gasteiger partial charge in [-0.25, -0.2) is 4.79 Å². The molecule has 0 fully saturated rings. The Bertz CT molecular complexity index is 634. The van der Waals surface area contributed by atoms with Crippen molar-refractivity contribution in [2.45, 2.75) is 20.3 Å². The van der Waals surface area contributed by atoms with Gasteiger partial charge in [0.05, 0.1) is 11.0 Å². The fourth-order valence-electron chi connectivity index (χ4n) is 2.21. The van der Waals surface area contributed by atoms with Gasteiger partial charge in [-0.1, -0.05) is 48.5 Å². The summed E-state index contributed by atoms with van der Waals surface area (Å²) in [7, 11) is 0. The Balaban J connectivity index is 2.05. The molecule has 2 rings (SSSR count). The lowest BCUT2D eigenvalue weighted by Gasteiger charge is -2.26. The second-order valence-corrected chi connectivity index (χ2v) is 5.72. The number of carbonyl (C=O) groups excluding carboxylic acids is 2. The SMILES string of the molecule is CC(=O)C(C)(COC(=O)c1ccccc1)Cc1ccccc1. The Morgan fingerprint density at radius 3 is 2.05 bits per heavy atom. The monoisotopic (exact) mass is 296 g/mol. The smallest absolute Gasteiger partial charge is 0.338 e. The molecule has 0 N–H and O–H groups in total. The number of hydrogen-bond acceptors (Lipinski definition) is 3. The number of ketones is 1. The van der Waals surface area contributed by atoms with Gasteiger partial charge in [0.1, 0.15) is 12.4 Å². The van der Waals surface area contributed by atoms with E-state index in [0.29, 0.717) is 12.0 Å². The standard InChI is InChI=1S/C19H20O3/c1-15(20)19(2,13-16-9-5-3-6-10-16)14-22-18(21)17-11-7-4-8-12-17/h3-12H,13-14H2,1-2H3. The Hall–Kier alpha value is -2.42. The highest BCUT2D eigenvalue weighted by Gasteiger charge is 2.32. The van der Waals surface area contributed by atoms with Crippen LogP contribution in [0, 0.1) is 5.41 Å². The minimum atomic E-state index is -0.716. The molecule has 0 aliphatic carbocycles. The molecule has 0 bridgehead atoms. The van der Waals surface area contributed by atoms with Crippen LogP contribution in [0.1, 0.15) is 29.8 Å². The first-order chi connectivity index (χ1) is 10.5. The lowest BCUT2D eigenvalue weighted by Crippen LogP contribution is -2.34. The van der Waals surface area contributed by atoms with Gasteiger partial charge in [0.25, 0.3) is 0 Å². The zero-order valence-corrected chi connectivity index (χ0v) is 12.9. The van der Waals surface area contributed by atoms with E-state index in [-0.39, 0.29) is 12.4 Å². The third-order valence-electron chi connectivity index (χ3n) is 3.82. The van der Waals surface area contributed by atoms with Crippen LogP contribution in [0.2, 0.25) is 0 Å². The first kappa shape index (κ1) is 16.0. The third kappa shape index (κ3) is 4.04. The molecule has 0 aromatic heterocycles. The summed E-state index contributed by atoms with van der Waals surface area (Å²) in [5.41, 5.74) is 0.829. The van der Waals surface area contributed by atoms with Gasteiger partial charge < -0.3 is 4.74 Å². The Morgan fingerprint density at radius 1 is 0.955 bits per heavy atom. The summed E-state index contributed by atoms with van der Waals surface area (Å²) < 4.78 is 5.37. The minimum absolute atomic E-state index is 0.0113. The maximum Gasteiger partial charge on any atom is 0.338 e. The number of rotatable bonds is 6. The molecule has 0 saturated carbocycles. The molecule has 3 nitrogen and oxygen atoms in total. The van der Waals surface area contributed by atoms with Crippen LogP contribution in [0.4, 0.5) is 0 Å². The normalized spacial score (nSPS) is 13.2. The second kappa shape index (κ2) is 7.03. The fraction of sp³-hybridized carbons (Fsp3) is 0.263.